The summed E-state index contributed by atoms with van der Waals surface area (Å²) in [6.45, 7) is 0. The predicted octanol–water partition coefficient (Wildman–Crippen LogP) is 2.96. The van der Waals surface area contributed by atoms with Gasteiger partial charge in [-0.05, 0) is 42.5 Å². The Morgan fingerprint density at radius 3 is 2.46 bits per heavy atom. The van der Waals surface area contributed by atoms with Crippen molar-refractivity contribution >= 4 is 34.1 Å². The molecule has 0 unspecified atom stereocenters. The highest BCUT2D eigenvalue weighted by atomic mass is 16.2. The predicted molar refractivity (Wildman–Crippen MR) is 108 cm³/mol. The van der Waals surface area contributed by atoms with E-state index in [4.69, 9.17) is 11.5 Å². The zero-order valence-electron chi connectivity index (χ0n) is 14.8. The number of benzene rings is 2. The maximum Gasteiger partial charge on any atom is 0.265 e. The van der Waals surface area contributed by atoms with Crippen molar-refractivity contribution in [2.75, 3.05) is 11.1 Å². The number of nitrogens with two attached hydrogens (primary N) is 2. The first-order valence-electron chi connectivity index (χ1n) is 8.56. The fourth-order valence-corrected chi connectivity index (χ4v) is 3.09. The van der Waals surface area contributed by atoms with E-state index in [9.17, 15) is 9.59 Å². The van der Waals surface area contributed by atoms with E-state index in [1.807, 2.05) is 24.3 Å². The van der Waals surface area contributed by atoms with Gasteiger partial charge in [-0.3, -0.25) is 14.6 Å². The van der Waals surface area contributed by atoms with E-state index >= 15 is 0 Å². The van der Waals surface area contributed by atoms with Gasteiger partial charge in [-0.2, -0.15) is 0 Å². The van der Waals surface area contributed by atoms with Gasteiger partial charge < -0.3 is 21.4 Å². The van der Waals surface area contributed by atoms with Crippen LogP contribution in [0, 0.1) is 0 Å². The lowest BCUT2D eigenvalue weighted by atomic mass is 10.1. The summed E-state index contributed by atoms with van der Waals surface area (Å²) >= 11 is 0. The Hall–Kier alpha value is -4.13. The van der Waals surface area contributed by atoms with Crippen LogP contribution in [-0.2, 0) is 0 Å². The maximum atomic E-state index is 12.5. The molecule has 2 heterocycles. The van der Waals surface area contributed by atoms with Gasteiger partial charge in [0.15, 0.2) is 0 Å². The molecule has 2 aromatic carbocycles. The summed E-state index contributed by atoms with van der Waals surface area (Å²) in [6.07, 6.45) is 3.03. The second-order valence-corrected chi connectivity index (χ2v) is 6.25. The fraction of sp³-hybridized carbons (Fsp3) is 0. The summed E-state index contributed by atoms with van der Waals surface area (Å²) in [5.74, 6) is -0.817. The molecule has 0 aliphatic heterocycles. The Labute approximate surface area is 160 Å². The van der Waals surface area contributed by atoms with E-state index in [-0.39, 0.29) is 5.91 Å². The molecule has 0 saturated carbocycles. The summed E-state index contributed by atoms with van der Waals surface area (Å²) in [7, 11) is 0. The van der Waals surface area contributed by atoms with Gasteiger partial charge in [0.1, 0.15) is 5.69 Å². The average molecular weight is 371 g/mol. The summed E-state index contributed by atoms with van der Waals surface area (Å²) < 4.78 is 1.78. The van der Waals surface area contributed by atoms with Crippen LogP contribution in [0.25, 0.3) is 16.6 Å². The molecule has 0 spiro atoms. The van der Waals surface area contributed by atoms with Gasteiger partial charge in [0, 0.05) is 22.8 Å². The van der Waals surface area contributed by atoms with Crippen molar-refractivity contribution in [3.63, 3.8) is 0 Å². The van der Waals surface area contributed by atoms with Crippen LogP contribution in [0.15, 0.2) is 73.1 Å². The number of primary amides is 1. The highest BCUT2D eigenvalue weighted by molar-refractivity contribution is 6.06. The minimum Gasteiger partial charge on any atom is -0.396 e. The molecule has 0 fully saturated rings. The van der Waals surface area contributed by atoms with Crippen molar-refractivity contribution in [2.45, 2.75) is 0 Å². The third kappa shape index (κ3) is 3.05. The Morgan fingerprint density at radius 2 is 1.75 bits per heavy atom. The number of aromatic nitrogens is 2. The number of carbonyl (C=O) groups excluding carboxylic acids is 2. The second kappa shape index (κ2) is 6.88. The molecule has 0 radical (unpaired) electrons. The van der Waals surface area contributed by atoms with E-state index < -0.39 is 5.91 Å². The molecule has 5 N–H and O–H groups in total. The Kier molecular flexibility index (Phi) is 4.25. The lowest BCUT2D eigenvalue weighted by molar-refractivity contribution is 0.0991. The molecule has 7 nitrogen and oxygen atoms in total. The van der Waals surface area contributed by atoms with Crippen molar-refractivity contribution in [1.82, 2.24) is 9.55 Å². The second-order valence-electron chi connectivity index (χ2n) is 6.25. The molecular weight excluding hydrogens is 354 g/mol. The lowest BCUT2D eigenvalue weighted by Crippen LogP contribution is -2.16. The first kappa shape index (κ1) is 17.3. The summed E-state index contributed by atoms with van der Waals surface area (Å²) in [5.41, 5.74) is 14.7. The highest BCUT2D eigenvalue weighted by Crippen LogP contribution is 2.25. The van der Waals surface area contributed by atoms with Crippen LogP contribution in [0.3, 0.4) is 0 Å². The number of anilines is 2. The van der Waals surface area contributed by atoms with Gasteiger partial charge in [-0.25, -0.2) is 0 Å². The molecule has 4 rings (SSSR count). The standard InChI is InChI=1S/C21H17N5O2/c22-16-12-24-10-9-17(16)25-21(28)13-5-7-15(8-6-13)26-18-4-2-1-3-14(18)11-19(26)20(23)27/h1-12H,22H2,(H2,23,27)(H,24,25,28). The first-order chi connectivity index (χ1) is 13.5. The monoisotopic (exact) mass is 371 g/mol. The number of para-hydroxylation sites is 1. The van der Waals surface area contributed by atoms with Crippen molar-refractivity contribution < 1.29 is 9.59 Å². The number of pyridine rings is 1. The topological polar surface area (TPSA) is 116 Å². The van der Waals surface area contributed by atoms with E-state index in [0.29, 0.717) is 22.6 Å². The number of nitrogens with one attached hydrogen (secondary N) is 1. The van der Waals surface area contributed by atoms with Gasteiger partial charge in [-0.15, -0.1) is 0 Å². The molecule has 0 atom stereocenters. The van der Waals surface area contributed by atoms with Crippen molar-refractivity contribution in [3.05, 3.63) is 84.3 Å². The number of rotatable bonds is 4. The lowest BCUT2D eigenvalue weighted by Gasteiger charge is -2.11. The zero-order chi connectivity index (χ0) is 19.7. The molecule has 138 valence electrons. The summed E-state index contributed by atoms with van der Waals surface area (Å²) in [4.78, 5) is 28.3. The SMILES string of the molecule is NC(=O)c1cc2ccccc2n1-c1ccc(C(=O)Nc2ccncc2N)cc1. The molecule has 0 saturated heterocycles. The number of carbonyl (C=O) groups is 2. The van der Waals surface area contributed by atoms with Crippen molar-refractivity contribution in [3.8, 4) is 5.69 Å². The fourth-order valence-electron chi connectivity index (χ4n) is 3.09. The normalized spacial score (nSPS) is 10.7. The van der Waals surface area contributed by atoms with Gasteiger partial charge >= 0.3 is 0 Å². The molecular formula is C21H17N5O2. The highest BCUT2D eigenvalue weighted by Gasteiger charge is 2.15. The molecule has 0 aliphatic rings. The number of amides is 2. The number of nitrogen functional groups attached to an aromatic ring is 1. The Bertz CT molecular complexity index is 1200. The average Bonchev–Trinajstić information content (AvgIpc) is 3.10. The third-order valence-electron chi connectivity index (χ3n) is 4.45. The maximum absolute atomic E-state index is 12.5. The van der Waals surface area contributed by atoms with Crippen molar-refractivity contribution in [1.29, 1.82) is 0 Å². The van der Waals surface area contributed by atoms with Crippen LogP contribution in [0.4, 0.5) is 11.4 Å². The van der Waals surface area contributed by atoms with E-state index in [0.717, 1.165) is 16.6 Å². The van der Waals surface area contributed by atoms with Crippen LogP contribution in [0.2, 0.25) is 0 Å². The molecule has 28 heavy (non-hydrogen) atoms. The van der Waals surface area contributed by atoms with E-state index in [1.165, 1.54) is 6.20 Å². The first-order valence-corrected chi connectivity index (χ1v) is 8.56. The number of hydrogen-bond acceptors (Lipinski definition) is 4. The molecule has 7 heteroatoms. The van der Waals surface area contributed by atoms with Crippen LogP contribution in [0.1, 0.15) is 20.8 Å². The Balaban J connectivity index is 1.68. The van der Waals surface area contributed by atoms with Crippen LogP contribution < -0.4 is 16.8 Å². The van der Waals surface area contributed by atoms with E-state index in [1.54, 1.807) is 47.2 Å². The smallest absolute Gasteiger partial charge is 0.265 e. The number of hydrogen-bond donors (Lipinski definition) is 3. The van der Waals surface area contributed by atoms with Gasteiger partial charge in [0.05, 0.1) is 23.1 Å². The Morgan fingerprint density at radius 1 is 1.00 bits per heavy atom. The van der Waals surface area contributed by atoms with Gasteiger partial charge in [0.25, 0.3) is 11.8 Å². The third-order valence-corrected chi connectivity index (χ3v) is 4.45. The summed E-state index contributed by atoms with van der Waals surface area (Å²) in [5, 5.41) is 3.66. The van der Waals surface area contributed by atoms with Gasteiger partial charge in [0.2, 0.25) is 0 Å². The zero-order valence-corrected chi connectivity index (χ0v) is 14.8. The minimum absolute atomic E-state index is 0.295. The largest absolute Gasteiger partial charge is 0.396 e. The quantitative estimate of drug-likeness (QED) is 0.511. The van der Waals surface area contributed by atoms with Crippen LogP contribution in [-0.4, -0.2) is 21.4 Å². The number of nitrogens with zero attached hydrogens (tertiary/aromatic N) is 2. The van der Waals surface area contributed by atoms with E-state index in [2.05, 4.69) is 10.3 Å². The van der Waals surface area contributed by atoms with Crippen molar-refractivity contribution in [2.24, 2.45) is 5.73 Å². The summed E-state index contributed by atoms with van der Waals surface area (Å²) in [6, 6.07) is 17.9. The van der Waals surface area contributed by atoms with Crippen LogP contribution in [0.5, 0.6) is 0 Å². The molecule has 2 aromatic heterocycles. The van der Waals surface area contributed by atoms with Crippen LogP contribution >= 0.6 is 0 Å². The molecule has 0 bridgehead atoms. The number of fused-ring (bicyclic) bond motifs is 1. The minimum atomic E-state index is -0.522. The molecule has 0 aliphatic carbocycles. The van der Waals surface area contributed by atoms with Gasteiger partial charge in [-0.1, -0.05) is 18.2 Å². The molecule has 4 aromatic rings. The molecule has 2 amide bonds.